The third kappa shape index (κ3) is 2.28. The number of carbonyl (C=O) groups is 2. The Kier molecular flexibility index (Phi) is 3.66. The number of anilines is 1. The van der Waals surface area contributed by atoms with Crippen molar-refractivity contribution in [2.75, 3.05) is 12.4 Å². The highest BCUT2D eigenvalue weighted by Gasteiger charge is 2.51. The van der Waals surface area contributed by atoms with E-state index in [4.69, 9.17) is 14.2 Å². The van der Waals surface area contributed by atoms with Gasteiger partial charge in [-0.15, -0.1) is 0 Å². The van der Waals surface area contributed by atoms with Crippen LogP contribution in [0.15, 0.2) is 36.4 Å². The zero-order chi connectivity index (χ0) is 19.6. The molecule has 2 aromatic rings. The van der Waals surface area contributed by atoms with Gasteiger partial charge < -0.3 is 19.5 Å². The molecule has 3 aliphatic rings. The molecular weight excluding hydrogens is 358 g/mol. The quantitative estimate of drug-likeness (QED) is 0.700. The Balaban J connectivity index is 1.65. The minimum atomic E-state index is -0.499. The van der Waals surface area contributed by atoms with Crippen molar-refractivity contribution in [1.82, 2.24) is 0 Å². The monoisotopic (exact) mass is 379 g/mol. The van der Waals surface area contributed by atoms with E-state index in [1.807, 2.05) is 13.8 Å². The summed E-state index contributed by atoms with van der Waals surface area (Å²) in [4.78, 5) is 26.3. The number of carbonyl (C=O) groups excluding carboxylic acids is 2. The second-order valence-corrected chi connectivity index (χ2v) is 7.86. The Morgan fingerprint density at radius 2 is 1.79 bits per heavy atom. The van der Waals surface area contributed by atoms with Crippen molar-refractivity contribution in [3.63, 3.8) is 0 Å². The van der Waals surface area contributed by atoms with Crippen LogP contribution in [0.5, 0.6) is 5.75 Å². The van der Waals surface area contributed by atoms with Gasteiger partial charge in [0.05, 0.1) is 22.9 Å². The Bertz CT molecular complexity index is 1020. The fourth-order valence-corrected chi connectivity index (χ4v) is 4.64. The molecule has 2 aromatic carbocycles. The van der Waals surface area contributed by atoms with Gasteiger partial charge in [0.1, 0.15) is 11.9 Å². The Morgan fingerprint density at radius 1 is 1.07 bits per heavy atom. The van der Waals surface area contributed by atoms with Crippen LogP contribution in [0.1, 0.15) is 52.1 Å². The smallest absolute Gasteiger partial charge is 0.196 e. The van der Waals surface area contributed by atoms with Crippen LogP contribution < -0.4 is 10.1 Å². The minimum absolute atomic E-state index is 0.141. The maximum atomic E-state index is 13.3. The number of rotatable bonds is 1. The molecule has 0 spiro atoms. The maximum absolute atomic E-state index is 13.3. The van der Waals surface area contributed by atoms with Crippen molar-refractivity contribution >= 4 is 17.3 Å². The van der Waals surface area contributed by atoms with E-state index in [0.717, 1.165) is 0 Å². The standard InChI is InChI=1S/C22H21NO5/c1-11-21-22(2,10-16(26-3)27-11)23-18-15(28-21)9-8-14-17(18)20(25)13-7-5-4-6-12(13)19(14)24/h4-9,11,16,21,23H,10H2,1-3H3. The van der Waals surface area contributed by atoms with Crippen LogP contribution in [-0.2, 0) is 9.47 Å². The molecule has 144 valence electrons. The lowest BCUT2D eigenvalue weighted by Crippen LogP contribution is -2.63. The van der Waals surface area contributed by atoms with Crippen LogP contribution in [0.2, 0.25) is 0 Å². The molecule has 6 nitrogen and oxygen atoms in total. The van der Waals surface area contributed by atoms with Gasteiger partial charge in [-0.05, 0) is 26.0 Å². The first kappa shape index (κ1) is 17.4. The van der Waals surface area contributed by atoms with Crippen LogP contribution in [0.25, 0.3) is 0 Å². The summed E-state index contributed by atoms with van der Waals surface area (Å²) in [5, 5.41) is 3.52. The molecule has 1 N–H and O–H groups in total. The van der Waals surface area contributed by atoms with Gasteiger partial charge in [0.15, 0.2) is 17.9 Å². The van der Waals surface area contributed by atoms with E-state index >= 15 is 0 Å². The molecule has 2 heterocycles. The molecule has 28 heavy (non-hydrogen) atoms. The highest BCUT2D eigenvalue weighted by atomic mass is 16.7. The molecule has 0 amide bonds. The van der Waals surface area contributed by atoms with Crippen molar-refractivity contribution in [3.05, 3.63) is 58.7 Å². The third-order valence-corrected chi connectivity index (χ3v) is 5.99. The van der Waals surface area contributed by atoms with Gasteiger partial charge in [0, 0.05) is 30.2 Å². The van der Waals surface area contributed by atoms with Gasteiger partial charge in [-0.2, -0.15) is 0 Å². The molecule has 1 fully saturated rings. The second kappa shape index (κ2) is 5.90. The van der Waals surface area contributed by atoms with Gasteiger partial charge in [-0.1, -0.05) is 24.3 Å². The number of ether oxygens (including phenoxy) is 3. The van der Waals surface area contributed by atoms with Crippen molar-refractivity contribution in [2.24, 2.45) is 0 Å². The van der Waals surface area contributed by atoms with Crippen molar-refractivity contribution in [1.29, 1.82) is 0 Å². The molecule has 4 atom stereocenters. The van der Waals surface area contributed by atoms with Gasteiger partial charge in [-0.25, -0.2) is 0 Å². The molecule has 4 unspecified atom stereocenters. The van der Waals surface area contributed by atoms with E-state index in [1.54, 1.807) is 43.5 Å². The predicted molar refractivity (Wildman–Crippen MR) is 102 cm³/mol. The molecule has 0 radical (unpaired) electrons. The summed E-state index contributed by atoms with van der Waals surface area (Å²) < 4.78 is 17.6. The van der Waals surface area contributed by atoms with E-state index in [2.05, 4.69) is 5.32 Å². The first-order chi connectivity index (χ1) is 13.4. The average molecular weight is 379 g/mol. The Labute approximate surface area is 162 Å². The van der Waals surface area contributed by atoms with Gasteiger partial charge >= 0.3 is 0 Å². The number of ketones is 2. The number of hydrogen-bond acceptors (Lipinski definition) is 6. The minimum Gasteiger partial charge on any atom is -0.483 e. The molecule has 2 aliphatic heterocycles. The lowest BCUT2D eigenvalue weighted by atomic mass is 9.79. The summed E-state index contributed by atoms with van der Waals surface area (Å²) in [5.74, 6) is 0.258. The molecule has 1 aliphatic carbocycles. The summed E-state index contributed by atoms with van der Waals surface area (Å²) in [5.41, 5.74) is 1.74. The summed E-state index contributed by atoms with van der Waals surface area (Å²) in [6, 6.07) is 10.4. The van der Waals surface area contributed by atoms with Gasteiger partial charge in [0.25, 0.3) is 0 Å². The van der Waals surface area contributed by atoms with E-state index < -0.39 is 5.54 Å². The number of benzene rings is 2. The molecule has 1 saturated heterocycles. The van der Waals surface area contributed by atoms with Crippen molar-refractivity contribution in [2.45, 2.75) is 44.3 Å². The maximum Gasteiger partial charge on any atom is 0.196 e. The van der Waals surface area contributed by atoms with E-state index in [1.165, 1.54) is 0 Å². The van der Waals surface area contributed by atoms with E-state index in [9.17, 15) is 9.59 Å². The van der Waals surface area contributed by atoms with Gasteiger partial charge in [-0.3, -0.25) is 9.59 Å². The molecule has 0 saturated carbocycles. The molecule has 6 heteroatoms. The molecule has 5 rings (SSSR count). The number of methoxy groups -OCH3 is 1. The highest BCUT2D eigenvalue weighted by molar-refractivity contribution is 6.30. The van der Waals surface area contributed by atoms with Crippen LogP contribution in [-0.4, -0.2) is 42.7 Å². The van der Waals surface area contributed by atoms with Crippen LogP contribution >= 0.6 is 0 Å². The highest BCUT2D eigenvalue weighted by Crippen LogP contribution is 2.46. The van der Waals surface area contributed by atoms with Crippen LogP contribution in [0.3, 0.4) is 0 Å². The fraction of sp³-hybridized carbons (Fsp3) is 0.364. The van der Waals surface area contributed by atoms with E-state index in [0.29, 0.717) is 40.1 Å². The molecule has 0 aromatic heterocycles. The Hall–Kier alpha value is -2.70. The SMILES string of the molecule is COC1CC2(C)Nc3c(ccc4c3C(=O)c3ccccc3C4=O)OC2C(C)O1. The fourth-order valence-electron chi connectivity index (χ4n) is 4.64. The Morgan fingerprint density at radius 3 is 2.50 bits per heavy atom. The normalized spacial score (nSPS) is 30.3. The first-order valence-electron chi connectivity index (χ1n) is 9.41. The van der Waals surface area contributed by atoms with Crippen molar-refractivity contribution < 1.29 is 23.8 Å². The summed E-state index contributed by atoms with van der Waals surface area (Å²) in [6.45, 7) is 3.98. The summed E-state index contributed by atoms with van der Waals surface area (Å²) in [6.07, 6.45) is -0.253. The van der Waals surface area contributed by atoms with Crippen LogP contribution in [0.4, 0.5) is 5.69 Å². The first-order valence-corrected chi connectivity index (χ1v) is 9.41. The zero-order valence-corrected chi connectivity index (χ0v) is 15.9. The summed E-state index contributed by atoms with van der Waals surface area (Å²) in [7, 11) is 1.61. The number of nitrogens with one attached hydrogen (secondary N) is 1. The largest absolute Gasteiger partial charge is 0.483 e. The number of hydrogen-bond donors (Lipinski definition) is 1. The van der Waals surface area contributed by atoms with E-state index in [-0.39, 0.29) is 30.1 Å². The predicted octanol–water partition coefficient (Wildman–Crippen LogP) is 3.17. The second-order valence-electron chi connectivity index (χ2n) is 7.86. The average Bonchev–Trinajstić information content (AvgIpc) is 2.69. The van der Waals surface area contributed by atoms with Crippen LogP contribution in [0, 0.1) is 0 Å². The van der Waals surface area contributed by atoms with Crippen molar-refractivity contribution in [3.8, 4) is 5.75 Å². The molecular formula is C22H21NO5. The summed E-state index contributed by atoms with van der Waals surface area (Å²) >= 11 is 0. The lowest BCUT2D eigenvalue weighted by Gasteiger charge is -2.51. The number of fused-ring (bicyclic) bond motifs is 5. The topological polar surface area (TPSA) is 73.9 Å². The zero-order valence-electron chi connectivity index (χ0n) is 15.9. The lowest BCUT2D eigenvalue weighted by molar-refractivity contribution is -0.220. The third-order valence-electron chi connectivity index (χ3n) is 5.99. The molecule has 0 bridgehead atoms. The van der Waals surface area contributed by atoms with Gasteiger partial charge in [0.2, 0.25) is 0 Å².